The zero-order valence-corrected chi connectivity index (χ0v) is 10.4. The predicted octanol–water partition coefficient (Wildman–Crippen LogP) is 1.76. The van der Waals surface area contributed by atoms with Crippen LogP contribution in [0.25, 0.3) is 0 Å². The molecule has 1 unspecified atom stereocenters. The first-order valence-electron chi connectivity index (χ1n) is 6.09. The highest BCUT2D eigenvalue weighted by atomic mass is 16.3. The topological polar surface area (TPSA) is 40.5 Å². The minimum Gasteiger partial charge on any atom is -0.396 e. The molecule has 1 aromatic rings. The summed E-state index contributed by atoms with van der Waals surface area (Å²) in [6.45, 7) is 5.58. The second-order valence-corrected chi connectivity index (χ2v) is 4.91. The third-order valence-electron chi connectivity index (χ3n) is 3.45. The van der Waals surface area contributed by atoms with Gasteiger partial charge in [0, 0.05) is 31.2 Å². The molecular weight excluding hydrogens is 214 g/mol. The van der Waals surface area contributed by atoms with E-state index in [4.69, 9.17) is 5.11 Å². The van der Waals surface area contributed by atoms with E-state index in [0.29, 0.717) is 6.54 Å². The van der Waals surface area contributed by atoms with Gasteiger partial charge in [-0.3, -0.25) is 4.79 Å². The van der Waals surface area contributed by atoms with Gasteiger partial charge in [-0.25, -0.2) is 0 Å². The fourth-order valence-corrected chi connectivity index (χ4v) is 2.30. The number of aliphatic hydroxyl groups excluding tert-OH is 1. The third kappa shape index (κ3) is 2.50. The summed E-state index contributed by atoms with van der Waals surface area (Å²) < 4.78 is 0. The average molecular weight is 233 g/mol. The number of hydrogen-bond acceptors (Lipinski definition) is 2. The highest BCUT2D eigenvalue weighted by Gasteiger charge is 2.26. The van der Waals surface area contributed by atoms with Gasteiger partial charge in [0.2, 0.25) is 0 Å². The van der Waals surface area contributed by atoms with E-state index in [0.717, 1.165) is 29.7 Å². The average Bonchev–Trinajstić information content (AvgIpc) is 2.80. The van der Waals surface area contributed by atoms with Gasteiger partial charge in [0.25, 0.3) is 5.91 Å². The number of rotatable bonds is 2. The molecule has 0 radical (unpaired) electrons. The van der Waals surface area contributed by atoms with E-state index in [1.54, 1.807) is 0 Å². The van der Waals surface area contributed by atoms with Gasteiger partial charge in [0.1, 0.15) is 0 Å². The second kappa shape index (κ2) is 4.88. The Labute approximate surface area is 102 Å². The molecule has 1 heterocycles. The van der Waals surface area contributed by atoms with Gasteiger partial charge in [-0.15, -0.1) is 0 Å². The lowest BCUT2D eigenvalue weighted by molar-refractivity contribution is 0.0781. The van der Waals surface area contributed by atoms with E-state index < -0.39 is 0 Å². The van der Waals surface area contributed by atoms with Crippen LogP contribution in [0, 0.1) is 19.8 Å². The summed E-state index contributed by atoms with van der Waals surface area (Å²) in [6, 6.07) is 5.96. The van der Waals surface area contributed by atoms with Crippen molar-refractivity contribution in [3.63, 3.8) is 0 Å². The van der Waals surface area contributed by atoms with Gasteiger partial charge in [-0.05, 0) is 31.9 Å². The number of carbonyl (C=O) groups excluding carboxylic acids is 1. The van der Waals surface area contributed by atoms with Gasteiger partial charge in [-0.2, -0.15) is 0 Å². The lowest BCUT2D eigenvalue weighted by atomic mass is 10.0. The van der Waals surface area contributed by atoms with Gasteiger partial charge in [0.05, 0.1) is 0 Å². The molecule has 1 fully saturated rings. The van der Waals surface area contributed by atoms with Crippen molar-refractivity contribution < 1.29 is 9.90 Å². The Morgan fingerprint density at radius 1 is 1.47 bits per heavy atom. The molecule has 3 nitrogen and oxygen atoms in total. The molecule has 1 saturated heterocycles. The highest BCUT2D eigenvalue weighted by molar-refractivity contribution is 5.96. The molecule has 1 amide bonds. The molecule has 0 bridgehead atoms. The van der Waals surface area contributed by atoms with Crippen LogP contribution in [-0.4, -0.2) is 35.6 Å². The minimum atomic E-state index is 0.0992. The Bertz CT molecular complexity index is 428. The standard InChI is InChI=1S/C14H19NO2/c1-10-3-4-11(2)13(7-10)14(17)15-6-5-12(8-15)9-16/h3-4,7,12,16H,5-6,8-9H2,1-2H3. The maximum absolute atomic E-state index is 12.3. The lowest BCUT2D eigenvalue weighted by Gasteiger charge is -2.17. The summed E-state index contributed by atoms with van der Waals surface area (Å²) in [5.74, 6) is 0.353. The first-order chi connectivity index (χ1) is 8.11. The molecule has 0 spiro atoms. The van der Waals surface area contributed by atoms with Crippen LogP contribution < -0.4 is 0 Å². The Morgan fingerprint density at radius 3 is 2.88 bits per heavy atom. The number of benzene rings is 1. The number of aryl methyl sites for hydroxylation is 2. The Kier molecular flexibility index (Phi) is 3.48. The van der Waals surface area contributed by atoms with Gasteiger partial charge >= 0.3 is 0 Å². The molecule has 1 aliphatic heterocycles. The molecule has 2 rings (SSSR count). The molecule has 1 aromatic carbocycles. The van der Waals surface area contributed by atoms with E-state index >= 15 is 0 Å². The Morgan fingerprint density at radius 2 is 2.24 bits per heavy atom. The molecule has 0 aliphatic carbocycles. The molecule has 1 N–H and O–H groups in total. The monoisotopic (exact) mass is 233 g/mol. The number of amides is 1. The summed E-state index contributed by atoms with van der Waals surface area (Å²) in [5.41, 5.74) is 2.92. The minimum absolute atomic E-state index is 0.0992. The van der Waals surface area contributed by atoms with Crippen molar-refractivity contribution in [1.29, 1.82) is 0 Å². The quantitative estimate of drug-likeness (QED) is 0.845. The Hall–Kier alpha value is -1.35. The zero-order valence-electron chi connectivity index (χ0n) is 10.4. The first kappa shape index (κ1) is 12.1. The summed E-state index contributed by atoms with van der Waals surface area (Å²) in [6.07, 6.45) is 0.910. The fraction of sp³-hybridized carbons (Fsp3) is 0.500. The normalized spacial score (nSPS) is 19.7. The first-order valence-corrected chi connectivity index (χ1v) is 6.09. The van der Waals surface area contributed by atoms with Gasteiger partial charge in [-0.1, -0.05) is 17.7 Å². The van der Waals surface area contributed by atoms with Crippen molar-refractivity contribution in [3.8, 4) is 0 Å². The summed E-state index contributed by atoms with van der Waals surface area (Å²) in [7, 11) is 0. The van der Waals surface area contributed by atoms with E-state index in [1.807, 2.05) is 36.9 Å². The SMILES string of the molecule is Cc1ccc(C)c(C(=O)N2CCC(CO)C2)c1. The molecule has 1 atom stereocenters. The molecular formula is C14H19NO2. The largest absolute Gasteiger partial charge is 0.396 e. The molecule has 92 valence electrons. The number of likely N-dealkylation sites (tertiary alicyclic amines) is 1. The molecule has 0 saturated carbocycles. The number of aliphatic hydroxyl groups is 1. The lowest BCUT2D eigenvalue weighted by Crippen LogP contribution is -2.29. The highest BCUT2D eigenvalue weighted by Crippen LogP contribution is 2.20. The van der Waals surface area contributed by atoms with Crippen LogP contribution in [-0.2, 0) is 0 Å². The van der Waals surface area contributed by atoms with Crippen molar-refractivity contribution >= 4 is 5.91 Å². The molecule has 0 aromatic heterocycles. The summed E-state index contributed by atoms with van der Waals surface area (Å²) in [5, 5.41) is 9.10. The van der Waals surface area contributed by atoms with Crippen LogP contribution in [0.5, 0.6) is 0 Å². The van der Waals surface area contributed by atoms with Crippen LogP contribution in [0.2, 0.25) is 0 Å². The van der Waals surface area contributed by atoms with Crippen LogP contribution in [0.3, 0.4) is 0 Å². The van der Waals surface area contributed by atoms with Crippen LogP contribution in [0.15, 0.2) is 18.2 Å². The summed E-state index contributed by atoms with van der Waals surface area (Å²) in [4.78, 5) is 14.2. The third-order valence-corrected chi connectivity index (χ3v) is 3.45. The molecule has 3 heteroatoms. The summed E-state index contributed by atoms with van der Waals surface area (Å²) >= 11 is 0. The fourth-order valence-electron chi connectivity index (χ4n) is 2.30. The maximum Gasteiger partial charge on any atom is 0.254 e. The van der Waals surface area contributed by atoms with E-state index in [2.05, 4.69) is 0 Å². The van der Waals surface area contributed by atoms with Crippen molar-refractivity contribution in [1.82, 2.24) is 4.90 Å². The smallest absolute Gasteiger partial charge is 0.254 e. The van der Waals surface area contributed by atoms with Crippen molar-refractivity contribution in [2.24, 2.45) is 5.92 Å². The Balaban J connectivity index is 2.17. The number of hydrogen-bond donors (Lipinski definition) is 1. The van der Waals surface area contributed by atoms with Crippen molar-refractivity contribution in [3.05, 3.63) is 34.9 Å². The van der Waals surface area contributed by atoms with Crippen LogP contribution >= 0.6 is 0 Å². The van der Waals surface area contributed by atoms with Gasteiger partial charge < -0.3 is 10.0 Å². The van der Waals surface area contributed by atoms with E-state index in [-0.39, 0.29) is 18.4 Å². The van der Waals surface area contributed by atoms with Crippen molar-refractivity contribution in [2.75, 3.05) is 19.7 Å². The number of nitrogens with zero attached hydrogens (tertiary/aromatic N) is 1. The number of carbonyl (C=O) groups is 1. The van der Waals surface area contributed by atoms with Gasteiger partial charge in [0.15, 0.2) is 0 Å². The predicted molar refractivity (Wildman–Crippen MR) is 67.0 cm³/mol. The maximum atomic E-state index is 12.3. The van der Waals surface area contributed by atoms with E-state index in [1.165, 1.54) is 0 Å². The van der Waals surface area contributed by atoms with E-state index in [9.17, 15) is 4.79 Å². The molecule has 1 aliphatic rings. The molecule has 17 heavy (non-hydrogen) atoms. The zero-order chi connectivity index (χ0) is 12.4. The van der Waals surface area contributed by atoms with Crippen LogP contribution in [0.1, 0.15) is 27.9 Å². The van der Waals surface area contributed by atoms with Crippen molar-refractivity contribution in [2.45, 2.75) is 20.3 Å². The second-order valence-electron chi connectivity index (χ2n) is 4.91. The van der Waals surface area contributed by atoms with Crippen LogP contribution in [0.4, 0.5) is 0 Å².